The third-order valence-electron chi connectivity index (χ3n) is 2.08. The van der Waals surface area contributed by atoms with Crippen LogP contribution in [-0.2, 0) is 4.79 Å². The molecule has 1 rings (SSSR count). The van der Waals surface area contributed by atoms with Crippen LogP contribution in [0.4, 0.5) is 0 Å². The number of amides is 1. The molecule has 1 aromatic carbocycles. The van der Waals surface area contributed by atoms with Crippen LogP contribution in [0.3, 0.4) is 0 Å². The van der Waals surface area contributed by atoms with Gasteiger partial charge < -0.3 is 15.3 Å². The van der Waals surface area contributed by atoms with Gasteiger partial charge in [0.05, 0.1) is 6.61 Å². The fourth-order valence-corrected chi connectivity index (χ4v) is 1.23. The SMILES string of the molecule is CC(=O)CCCOc1ccc(C(N)=O)cc1. The summed E-state index contributed by atoms with van der Waals surface area (Å²) in [6, 6.07) is 6.60. The Kier molecular flexibility index (Phi) is 4.51. The number of carbonyl (C=O) groups is 2. The second kappa shape index (κ2) is 5.90. The Morgan fingerprint density at radius 1 is 1.25 bits per heavy atom. The van der Waals surface area contributed by atoms with Gasteiger partial charge in [0.25, 0.3) is 0 Å². The molecule has 0 atom stereocenters. The largest absolute Gasteiger partial charge is 0.494 e. The highest BCUT2D eigenvalue weighted by Crippen LogP contribution is 2.12. The van der Waals surface area contributed by atoms with Gasteiger partial charge in [-0.2, -0.15) is 0 Å². The third kappa shape index (κ3) is 4.13. The van der Waals surface area contributed by atoms with E-state index in [0.717, 1.165) is 0 Å². The first-order valence-electron chi connectivity index (χ1n) is 5.11. The Morgan fingerprint density at radius 3 is 2.38 bits per heavy atom. The molecule has 16 heavy (non-hydrogen) atoms. The zero-order valence-corrected chi connectivity index (χ0v) is 9.23. The molecule has 0 saturated heterocycles. The molecule has 0 aromatic heterocycles. The highest BCUT2D eigenvalue weighted by Gasteiger charge is 2.00. The van der Waals surface area contributed by atoms with E-state index in [-0.39, 0.29) is 5.78 Å². The first kappa shape index (κ1) is 12.2. The molecule has 0 unspecified atom stereocenters. The second-order valence-electron chi connectivity index (χ2n) is 3.54. The number of rotatable bonds is 6. The maximum Gasteiger partial charge on any atom is 0.248 e. The van der Waals surface area contributed by atoms with E-state index in [4.69, 9.17) is 10.5 Å². The molecular formula is C12H15NO3. The Bertz CT molecular complexity index is 370. The van der Waals surface area contributed by atoms with E-state index >= 15 is 0 Å². The predicted molar refractivity (Wildman–Crippen MR) is 60.4 cm³/mol. The van der Waals surface area contributed by atoms with Crippen molar-refractivity contribution in [3.05, 3.63) is 29.8 Å². The van der Waals surface area contributed by atoms with Gasteiger partial charge in [0.2, 0.25) is 5.91 Å². The molecule has 1 amide bonds. The highest BCUT2D eigenvalue weighted by molar-refractivity contribution is 5.92. The van der Waals surface area contributed by atoms with Crippen molar-refractivity contribution >= 4 is 11.7 Å². The van der Waals surface area contributed by atoms with E-state index < -0.39 is 5.91 Å². The first-order chi connectivity index (χ1) is 7.59. The molecule has 0 aliphatic heterocycles. The minimum absolute atomic E-state index is 0.160. The van der Waals surface area contributed by atoms with Gasteiger partial charge in [0.1, 0.15) is 11.5 Å². The van der Waals surface area contributed by atoms with E-state index in [2.05, 4.69) is 0 Å². The molecule has 4 heteroatoms. The summed E-state index contributed by atoms with van der Waals surface area (Å²) in [6.07, 6.45) is 1.23. The van der Waals surface area contributed by atoms with Crippen LogP contribution < -0.4 is 10.5 Å². The van der Waals surface area contributed by atoms with E-state index in [1.54, 1.807) is 31.2 Å². The molecule has 0 fully saturated rings. The number of hydrogen-bond acceptors (Lipinski definition) is 3. The van der Waals surface area contributed by atoms with Gasteiger partial charge in [-0.05, 0) is 37.6 Å². The van der Waals surface area contributed by atoms with Gasteiger partial charge in [-0.25, -0.2) is 0 Å². The van der Waals surface area contributed by atoms with E-state index in [9.17, 15) is 9.59 Å². The molecule has 0 bridgehead atoms. The average molecular weight is 221 g/mol. The van der Waals surface area contributed by atoms with Crippen molar-refractivity contribution in [2.75, 3.05) is 6.61 Å². The van der Waals surface area contributed by atoms with Crippen LogP contribution in [0.1, 0.15) is 30.1 Å². The molecule has 1 aromatic rings. The molecule has 0 radical (unpaired) electrons. The van der Waals surface area contributed by atoms with Crippen LogP contribution in [0.25, 0.3) is 0 Å². The highest BCUT2D eigenvalue weighted by atomic mass is 16.5. The van der Waals surface area contributed by atoms with Crippen LogP contribution in [0, 0.1) is 0 Å². The zero-order valence-electron chi connectivity index (χ0n) is 9.23. The van der Waals surface area contributed by atoms with Crippen molar-refractivity contribution in [1.82, 2.24) is 0 Å². The molecule has 0 aliphatic rings. The summed E-state index contributed by atoms with van der Waals surface area (Å²) >= 11 is 0. The molecule has 86 valence electrons. The zero-order chi connectivity index (χ0) is 12.0. The monoisotopic (exact) mass is 221 g/mol. The summed E-state index contributed by atoms with van der Waals surface area (Å²) in [6.45, 7) is 2.05. The summed E-state index contributed by atoms with van der Waals surface area (Å²) in [7, 11) is 0. The van der Waals surface area contributed by atoms with Crippen LogP contribution in [0.2, 0.25) is 0 Å². The van der Waals surface area contributed by atoms with Crippen LogP contribution >= 0.6 is 0 Å². The molecule has 0 aliphatic carbocycles. The second-order valence-corrected chi connectivity index (χ2v) is 3.54. The first-order valence-corrected chi connectivity index (χ1v) is 5.11. The van der Waals surface area contributed by atoms with Gasteiger partial charge in [-0.3, -0.25) is 4.79 Å². The molecule has 2 N–H and O–H groups in total. The van der Waals surface area contributed by atoms with Crippen molar-refractivity contribution in [3.63, 3.8) is 0 Å². The van der Waals surface area contributed by atoms with Crippen molar-refractivity contribution in [2.24, 2.45) is 5.73 Å². The smallest absolute Gasteiger partial charge is 0.248 e. The maximum atomic E-state index is 10.8. The van der Waals surface area contributed by atoms with Gasteiger partial charge >= 0.3 is 0 Å². The van der Waals surface area contributed by atoms with E-state index in [1.165, 1.54) is 0 Å². The lowest BCUT2D eigenvalue weighted by Crippen LogP contribution is -2.10. The fourth-order valence-electron chi connectivity index (χ4n) is 1.23. The number of primary amides is 1. The van der Waals surface area contributed by atoms with E-state index in [0.29, 0.717) is 30.8 Å². The standard InChI is InChI=1S/C12H15NO3/c1-9(14)3-2-8-16-11-6-4-10(5-7-11)12(13)15/h4-7H,2-3,8H2,1H3,(H2,13,15). The summed E-state index contributed by atoms with van der Waals surface area (Å²) in [5, 5.41) is 0. The number of Topliss-reactive ketones (excluding diaryl/α,β-unsaturated/α-hetero) is 1. The summed E-state index contributed by atoms with van der Waals surface area (Å²) < 4.78 is 5.39. The lowest BCUT2D eigenvalue weighted by molar-refractivity contribution is -0.117. The quantitative estimate of drug-likeness (QED) is 0.740. The Balaban J connectivity index is 2.38. The molecule has 0 saturated carbocycles. The molecule has 0 heterocycles. The lowest BCUT2D eigenvalue weighted by Gasteiger charge is -2.05. The van der Waals surface area contributed by atoms with Gasteiger partial charge in [-0.1, -0.05) is 0 Å². The van der Waals surface area contributed by atoms with Gasteiger partial charge in [-0.15, -0.1) is 0 Å². The average Bonchev–Trinajstić information content (AvgIpc) is 2.25. The number of benzene rings is 1. The minimum Gasteiger partial charge on any atom is -0.494 e. The fraction of sp³-hybridized carbons (Fsp3) is 0.333. The van der Waals surface area contributed by atoms with Crippen molar-refractivity contribution < 1.29 is 14.3 Å². The van der Waals surface area contributed by atoms with E-state index in [1.807, 2.05) is 0 Å². The van der Waals surface area contributed by atoms with Crippen molar-refractivity contribution in [3.8, 4) is 5.75 Å². The number of ketones is 1. The number of carbonyl (C=O) groups excluding carboxylic acids is 2. The molecule has 4 nitrogen and oxygen atoms in total. The number of hydrogen-bond donors (Lipinski definition) is 1. The van der Waals surface area contributed by atoms with Crippen LogP contribution in [-0.4, -0.2) is 18.3 Å². The predicted octanol–water partition coefficient (Wildman–Crippen LogP) is 1.53. The summed E-state index contributed by atoms with van der Waals surface area (Å²) in [5.41, 5.74) is 5.56. The van der Waals surface area contributed by atoms with Gasteiger partial charge in [0.15, 0.2) is 0 Å². The third-order valence-corrected chi connectivity index (χ3v) is 2.08. The molecule has 0 spiro atoms. The Morgan fingerprint density at radius 2 is 1.88 bits per heavy atom. The normalized spacial score (nSPS) is 9.81. The number of nitrogens with two attached hydrogens (primary N) is 1. The summed E-state index contributed by atoms with van der Waals surface area (Å²) in [4.78, 5) is 21.5. The van der Waals surface area contributed by atoms with Gasteiger partial charge in [0, 0.05) is 12.0 Å². The molecular weight excluding hydrogens is 206 g/mol. The lowest BCUT2D eigenvalue weighted by atomic mass is 10.2. The Hall–Kier alpha value is -1.84. The minimum atomic E-state index is -0.455. The van der Waals surface area contributed by atoms with Crippen molar-refractivity contribution in [2.45, 2.75) is 19.8 Å². The Labute approximate surface area is 94.4 Å². The summed E-state index contributed by atoms with van der Waals surface area (Å²) in [5.74, 6) is 0.379. The number of ether oxygens (including phenoxy) is 1. The van der Waals surface area contributed by atoms with Crippen molar-refractivity contribution in [1.29, 1.82) is 0 Å². The van der Waals surface area contributed by atoms with Crippen LogP contribution in [0.5, 0.6) is 5.75 Å². The maximum absolute atomic E-state index is 10.8. The van der Waals surface area contributed by atoms with Crippen LogP contribution in [0.15, 0.2) is 24.3 Å². The topological polar surface area (TPSA) is 69.4 Å².